The number of unbranched alkanes of at least 4 members (excludes halogenated alkanes) is 28. The maximum absolute atomic E-state index is 12.6. The van der Waals surface area contributed by atoms with Gasteiger partial charge >= 0.3 is 19.8 Å². The largest absolute Gasteiger partial charge is 0.472 e. The minimum Gasteiger partial charge on any atom is -0.462 e. The fourth-order valence-corrected chi connectivity index (χ4v) is 7.55. The first-order valence-electron chi connectivity index (χ1n) is 23.8. The van der Waals surface area contributed by atoms with Crippen LogP contribution in [0.5, 0.6) is 0 Å². The first-order valence-corrected chi connectivity index (χ1v) is 25.3. The van der Waals surface area contributed by atoms with Crippen molar-refractivity contribution in [3.63, 3.8) is 0 Å². The molecule has 0 aromatic carbocycles. The molecule has 0 aliphatic carbocycles. The molecule has 0 aliphatic heterocycles. The smallest absolute Gasteiger partial charge is 0.462 e. The molecule has 3 N–H and O–H groups in total. The topological polar surface area (TPSA) is 134 Å². The maximum atomic E-state index is 12.6. The Kier molecular flexibility index (Phi) is 42.9. The third kappa shape index (κ3) is 43.9. The van der Waals surface area contributed by atoms with Crippen LogP contribution in [0.2, 0.25) is 0 Å². The van der Waals surface area contributed by atoms with Crippen LogP contribution < -0.4 is 5.73 Å². The van der Waals surface area contributed by atoms with Crippen LogP contribution in [0, 0.1) is 0 Å². The molecule has 0 saturated heterocycles. The number of phosphoric ester groups is 1. The van der Waals surface area contributed by atoms with Crippen molar-refractivity contribution in [3.05, 3.63) is 24.3 Å². The standard InChI is InChI=1S/C47H90NO8P/c1-3-5-7-9-11-13-15-17-19-20-21-22-23-24-26-27-29-31-33-35-37-39-46(49)53-43-45(44-55-57(51,52)54-42-41-48)56-47(50)40-38-36-34-32-30-28-25-18-16-14-12-10-8-6-4-2/h12,14,18,25,45H,3-11,13,15-17,19-24,26-44,48H2,1-2H3,(H,51,52)/b14-12-,25-18-/t45-/m1/s1. The molecule has 2 atom stereocenters. The van der Waals surface area contributed by atoms with E-state index in [-0.39, 0.29) is 38.6 Å². The Hall–Kier alpha value is -1.51. The summed E-state index contributed by atoms with van der Waals surface area (Å²) in [5, 5.41) is 0. The fourth-order valence-electron chi connectivity index (χ4n) is 6.78. The molecule has 9 nitrogen and oxygen atoms in total. The molecule has 0 aromatic rings. The second kappa shape index (κ2) is 44.1. The highest BCUT2D eigenvalue weighted by Gasteiger charge is 2.26. The van der Waals surface area contributed by atoms with Crippen molar-refractivity contribution in [2.75, 3.05) is 26.4 Å². The molecule has 0 amide bonds. The summed E-state index contributed by atoms with van der Waals surface area (Å²) in [6, 6.07) is 0. The van der Waals surface area contributed by atoms with Crippen LogP contribution in [0.3, 0.4) is 0 Å². The molecule has 0 saturated carbocycles. The Morgan fingerprint density at radius 1 is 0.526 bits per heavy atom. The SMILES string of the molecule is CCCCC/C=C\C/C=C\CCCCCCCC(=O)O[C@H](COC(=O)CCCCCCCCCCCCCCCCCCCCCCC)COP(=O)(O)OCCN. The summed E-state index contributed by atoms with van der Waals surface area (Å²) in [6.45, 7) is 3.72. The van der Waals surface area contributed by atoms with Crippen LogP contribution in [0.4, 0.5) is 0 Å². The van der Waals surface area contributed by atoms with Crippen molar-refractivity contribution in [3.8, 4) is 0 Å². The van der Waals surface area contributed by atoms with Gasteiger partial charge in [-0.3, -0.25) is 18.6 Å². The molecule has 0 rings (SSSR count). The van der Waals surface area contributed by atoms with E-state index in [9.17, 15) is 19.0 Å². The molecule has 0 aromatic heterocycles. The van der Waals surface area contributed by atoms with Crippen LogP contribution in [0.25, 0.3) is 0 Å². The monoisotopic (exact) mass is 828 g/mol. The first kappa shape index (κ1) is 55.5. The van der Waals surface area contributed by atoms with Crippen molar-refractivity contribution in [2.45, 2.75) is 238 Å². The van der Waals surface area contributed by atoms with E-state index in [0.29, 0.717) is 6.42 Å². The Balaban J connectivity index is 4.05. The number of nitrogens with two attached hydrogens (primary N) is 1. The van der Waals surface area contributed by atoms with Crippen LogP contribution >= 0.6 is 7.82 Å². The highest BCUT2D eigenvalue weighted by Crippen LogP contribution is 2.43. The first-order chi connectivity index (χ1) is 27.8. The van der Waals surface area contributed by atoms with E-state index in [0.717, 1.165) is 57.8 Å². The van der Waals surface area contributed by atoms with Gasteiger partial charge in [0.1, 0.15) is 6.61 Å². The van der Waals surface area contributed by atoms with Gasteiger partial charge in [-0.05, 0) is 44.9 Å². The van der Waals surface area contributed by atoms with E-state index < -0.39 is 26.5 Å². The van der Waals surface area contributed by atoms with E-state index in [2.05, 4.69) is 38.2 Å². The third-order valence-electron chi connectivity index (χ3n) is 10.3. The average Bonchev–Trinajstić information content (AvgIpc) is 3.20. The second-order valence-electron chi connectivity index (χ2n) is 16.0. The van der Waals surface area contributed by atoms with Crippen molar-refractivity contribution >= 4 is 19.8 Å². The Labute approximate surface area is 351 Å². The molecule has 1 unspecified atom stereocenters. The number of rotatable bonds is 45. The van der Waals surface area contributed by atoms with E-state index >= 15 is 0 Å². The van der Waals surface area contributed by atoms with Crippen molar-refractivity contribution < 1.29 is 37.6 Å². The minimum atomic E-state index is -4.38. The van der Waals surface area contributed by atoms with Crippen molar-refractivity contribution in [1.29, 1.82) is 0 Å². The number of hydrogen-bond acceptors (Lipinski definition) is 8. The van der Waals surface area contributed by atoms with Crippen LogP contribution in [0.15, 0.2) is 24.3 Å². The molecule has 0 radical (unpaired) electrons. The molecule has 336 valence electrons. The summed E-state index contributed by atoms with van der Waals surface area (Å²) in [7, 11) is -4.38. The van der Waals surface area contributed by atoms with Gasteiger partial charge < -0.3 is 20.1 Å². The molecule has 10 heteroatoms. The summed E-state index contributed by atoms with van der Waals surface area (Å²) in [4.78, 5) is 34.9. The van der Waals surface area contributed by atoms with Gasteiger partial charge in [-0.1, -0.05) is 199 Å². The fraction of sp³-hybridized carbons (Fsp3) is 0.872. The van der Waals surface area contributed by atoms with Gasteiger partial charge in [0, 0.05) is 19.4 Å². The zero-order valence-corrected chi connectivity index (χ0v) is 38.0. The van der Waals surface area contributed by atoms with Gasteiger partial charge in [0.15, 0.2) is 6.10 Å². The lowest BCUT2D eigenvalue weighted by Gasteiger charge is -2.19. The molecule has 0 bridgehead atoms. The molecular weight excluding hydrogens is 737 g/mol. The Bertz CT molecular complexity index is 990. The minimum absolute atomic E-state index is 0.0526. The quantitative estimate of drug-likeness (QED) is 0.0266. The second-order valence-corrected chi connectivity index (χ2v) is 17.4. The Morgan fingerprint density at radius 3 is 1.37 bits per heavy atom. The van der Waals surface area contributed by atoms with Gasteiger partial charge in [-0.25, -0.2) is 4.57 Å². The predicted molar refractivity (Wildman–Crippen MR) is 238 cm³/mol. The van der Waals surface area contributed by atoms with Crippen LogP contribution in [-0.4, -0.2) is 49.3 Å². The summed E-state index contributed by atoms with van der Waals surface area (Å²) >= 11 is 0. The van der Waals surface area contributed by atoms with E-state index in [1.165, 1.54) is 141 Å². The van der Waals surface area contributed by atoms with Crippen molar-refractivity contribution in [1.82, 2.24) is 0 Å². The normalized spacial score (nSPS) is 13.4. The van der Waals surface area contributed by atoms with Gasteiger partial charge in [-0.15, -0.1) is 0 Å². The van der Waals surface area contributed by atoms with Crippen molar-refractivity contribution in [2.24, 2.45) is 5.73 Å². The molecular formula is C47H90NO8P. The number of carbonyl (C=O) groups excluding carboxylic acids is 2. The average molecular weight is 828 g/mol. The molecule has 0 heterocycles. The van der Waals surface area contributed by atoms with E-state index in [1.54, 1.807) is 0 Å². The highest BCUT2D eigenvalue weighted by atomic mass is 31.2. The number of esters is 2. The lowest BCUT2D eigenvalue weighted by atomic mass is 10.0. The lowest BCUT2D eigenvalue weighted by Crippen LogP contribution is -2.29. The lowest BCUT2D eigenvalue weighted by molar-refractivity contribution is -0.161. The molecule has 0 spiro atoms. The van der Waals surface area contributed by atoms with Gasteiger partial charge in [0.05, 0.1) is 13.2 Å². The molecule has 0 aliphatic rings. The van der Waals surface area contributed by atoms with E-state index in [4.69, 9.17) is 24.3 Å². The summed E-state index contributed by atoms with van der Waals surface area (Å²) in [5.74, 6) is -0.834. The summed E-state index contributed by atoms with van der Waals surface area (Å²) in [5.41, 5.74) is 5.35. The van der Waals surface area contributed by atoms with Gasteiger partial charge in [-0.2, -0.15) is 0 Å². The van der Waals surface area contributed by atoms with Crippen LogP contribution in [0.1, 0.15) is 232 Å². The predicted octanol–water partition coefficient (Wildman–Crippen LogP) is 13.9. The zero-order valence-electron chi connectivity index (χ0n) is 37.1. The number of allylic oxidation sites excluding steroid dienone is 4. The molecule has 57 heavy (non-hydrogen) atoms. The van der Waals surface area contributed by atoms with Gasteiger partial charge in [0.25, 0.3) is 0 Å². The number of hydrogen-bond donors (Lipinski definition) is 2. The zero-order chi connectivity index (χ0) is 41.8. The van der Waals surface area contributed by atoms with Gasteiger partial charge in [0.2, 0.25) is 0 Å². The van der Waals surface area contributed by atoms with E-state index in [1.807, 2.05) is 0 Å². The third-order valence-corrected chi connectivity index (χ3v) is 11.3. The summed E-state index contributed by atoms with van der Waals surface area (Å²) in [6.07, 6.45) is 47.8. The Morgan fingerprint density at radius 2 is 0.912 bits per heavy atom. The number of ether oxygens (including phenoxy) is 2. The molecule has 0 fully saturated rings. The number of phosphoric acid groups is 1. The number of carbonyl (C=O) groups is 2. The highest BCUT2D eigenvalue weighted by molar-refractivity contribution is 7.47. The summed E-state index contributed by atoms with van der Waals surface area (Å²) < 4.78 is 32.8. The van der Waals surface area contributed by atoms with Crippen LogP contribution in [-0.2, 0) is 32.7 Å². The maximum Gasteiger partial charge on any atom is 0.472 e.